The number of aryl methyl sites for hydroxylation is 2. The van der Waals surface area contributed by atoms with Crippen molar-refractivity contribution in [2.75, 3.05) is 5.32 Å². The highest BCUT2D eigenvalue weighted by atomic mass is 19.4. The predicted octanol–water partition coefficient (Wildman–Crippen LogP) is 4.77. The molecule has 13 nitrogen and oxygen atoms in total. The number of nitrogens with one attached hydrogen (secondary N) is 3. The number of anilines is 1. The molecule has 2 atom stereocenters. The van der Waals surface area contributed by atoms with Gasteiger partial charge >= 0.3 is 12.5 Å². The van der Waals surface area contributed by atoms with Crippen molar-refractivity contribution in [3.8, 4) is 5.75 Å². The van der Waals surface area contributed by atoms with E-state index in [0.717, 1.165) is 12.8 Å². The number of ether oxygens (including phenoxy) is 2. The Bertz CT molecular complexity index is 1630. The molecule has 0 bridgehead atoms. The third-order valence-corrected chi connectivity index (χ3v) is 7.42. The van der Waals surface area contributed by atoms with Crippen LogP contribution in [-0.2, 0) is 29.2 Å². The van der Waals surface area contributed by atoms with Gasteiger partial charge in [0.05, 0.1) is 6.20 Å². The summed E-state index contributed by atoms with van der Waals surface area (Å²) in [6, 6.07) is 8.17. The Kier molecular flexibility index (Phi) is 11.8. The molecule has 16 heteroatoms. The number of hydrogen-bond donors (Lipinski definition) is 3. The number of benzene rings is 1. The van der Waals surface area contributed by atoms with E-state index in [2.05, 4.69) is 31.0 Å². The average Bonchev–Trinajstić information content (AvgIpc) is 3.46. The van der Waals surface area contributed by atoms with Crippen LogP contribution in [0.5, 0.6) is 5.75 Å². The van der Waals surface area contributed by atoms with E-state index in [4.69, 9.17) is 4.74 Å². The first-order valence-corrected chi connectivity index (χ1v) is 15.7. The van der Waals surface area contributed by atoms with Crippen molar-refractivity contribution < 1.29 is 37.0 Å². The van der Waals surface area contributed by atoms with Crippen molar-refractivity contribution >= 4 is 23.6 Å². The molecule has 1 fully saturated rings. The molecular weight excluding hydrogens is 635 g/mol. The maximum Gasteiger partial charge on any atom is 0.573 e. The van der Waals surface area contributed by atoms with Crippen LogP contribution in [0.15, 0.2) is 53.6 Å². The molecule has 48 heavy (non-hydrogen) atoms. The van der Waals surface area contributed by atoms with Crippen LogP contribution in [0.1, 0.15) is 75.3 Å². The molecule has 260 valence electrons. The second-order valence-electron chi connectivity index (χ2n) is 12.6. The smallest absolute Gasteiger partial charge is 0.444 e. The van der Waals surface area contributed by atoms with E-state index < -0.39 is 24.0 Å². The molecule has 3 amide bonds. The molecule has 1 aliphatic carbocycles. The van der Waals surface area contributed by atoms with E-state index in [9.17, 15) is 32.3 Å². The summed E-state index contributed by atoms with van der Waals surface area (Å²) < 4.78 is 49.6. The van der Waals surface area contributed by atoms with Gasteiger partial charge in [-0.1, -0.05) is 23.8 Å². The maximum atomic E-state index is 12.9. The van der Waals surface area contributed by atoms with E-state index in [0.29, 0.717) is 50.0 Å². The van der Waals surface area contributed by atoms with Crippen molar-refractivity contribution in [1.29, 1.82) is 0 Å². The molecule has 1 aromatic carbocycles. The Hall–Kier alpha value is -4.89. The predicted molar refractivity (Wildman–Crippen MR) is 168 cm³/mol. The molecule has 1 saturated carbocycles. The lowest BCUT2D eigenvalue weighted by Gasteiger charge is -2.30. The highest BCUT2D eigenvalue weighted by Crippen LogP contribution is 2.26. The largest absolute Gasteiger partial charge is 0.573 e. The van der Waals surface area contributed by atoms with Gasteiger partial charge in [0.2, 0.25) is 5.91 Å². The van der Waals surface area contributed by atoms with Gasteiger partial charge < -0.3 is 30.0 Å². The summed E-state index contributed by atoms with van der Waals surface area (Å²) in [6.07, 6.45) is 1.73. The number of carbonyl (C=O) groups is 3. The molecule has 0 aliphatic heterocycles. The Morgan fingerprint density at radius 2 is 1.81 bits per heavy atom. The van der Waals surface area contributed by atoms with Gasteiger partial charge in [0.25, 0.3) is 11.5 Å². The number of unbranched alkanes of at least 4 members (excludes halogenated alkanes) is 1. The second kappa shape index (κ2) is 15.8. The quantitative estimate of drug-likeness (QED) is 0.232. The highest BCUT2D eigenvalue weighted by Gasteiger charge is 2.31. The van der Waals surface area contributed by atoms with Gasteiger partial charge in [-0.05, 0) is 76.6 Å². The number of nitrogens with zero attached hydrogens (tertiary/aromatic N) is 4. The normalized spacial score (nSPS) is 16.5. The monoisotopic (exact) mass is 675 g/mol. The van der Waals surface area contributed by atoms with Gasteiger partial charge in [0, 0.05) is 49.5 Å². The van der Waals surface area contributed by atoms with Gasteiger partial charge in [-0.3, -0.25) is 19.1 Å². The standard InChI is InChI=1S/C32H40F3N7O6/c1-31(2,3)48-30(46)38-23-10-7-9-22(17-23)28(44)37-24-12-15-41(27(43)18-24)13-4-5-14-42-20-26(39-40-42)29(45)36-19-21-8-6-11-25(16-21)47-32(33,34)35/h6,8,11-12,15-16,18,20,22-23H,4-5,7,9-10,13-14,17,19H2,1-3H3,(H,36,45)(H,37,44)(H,38,46)/t22-,23-/m0/s1. The summed E-state index contributed by atoms with van der Waals surface area (Å²) in [5.74, 6) is -1.43. The fourth-order valence-corrected chi connectivity index (χ4v) is 5.24. The number of carbonyl (C=O) groups excluding carboxylic acids is 3. The molecule has 2 heterocycles. The lowest BCUT2D eigenvalue weighted by molar-refractivity contribution is -0.274. The number of hydrogen-bond acceptors (Lipinski definition) is 8. The summed E-state index contributed by atoms with van der Waals surface area (Å²) in [5, 5.41) is 16.1. The van der Waals surface area contributed by atoms with Crippen molar-refractivity contribution in [2.24, 2.45) is 5.92 Å². The molecule has 0 radical (unpaired) electrons. The van der Waals surface area contributed by atoms with E-state index in [1.165, 1.54) is 39.7 Å². The SMILES string of the molecule is CC(C)(C)OC(=O)N[C@H]1CCC[C@H](C(=O)Nc2ccn(CCCCn3cc(C(=O)NCc4cccc(OC(F)(F)F)c4)nn3)c(=O)c2)C1. The van der Waals surface area contributed by atoms with Crippen molar-refractivity contribution in [2.45, 2.75) is 96.9 Å². The molecule has 2 aromatic heterocycles. The topological polar surface area (TPSA) is 158 Å². The van der Waals surface area contributed by atoms with Crippen molar-refractivity contribution in [3.63, 3.8) is 0 Å². The molecular formula is C32H40F3N7O6. The molecule has 0 spiro atoms. The first-order valence-electron chi connectivity index (χ1n) is 15.7. The summed E-state index contributed by atoms with van der Waals surface area (Å²) in [6.45, 7) is 6.19. The van der Waals surface area contributed by atoms with Crippen LogP contribution < -0.4 is 26.2 Å². The van der Waals surface area contributed by atoms with Crippen LogP contribution >= 0.6 is 0 Å². The summed E-state index contributed by atoms with van der Waals surface area (Å²) in [4.78, 5) is 50.2. The molecule has 0 unspecified atom stereocenters. The fourth-order valence-electron chi connectivity index (χ4n) is 5.24. The Morgan fingerprint density at radius 1 is 1.04 bits per heavy atom. The van der Waals surface area contributed by atoms with Crippen molar-refractivity contribution in [1.82, 2.24) is 30.2 Å². The molecule has 3 aromatic rings. The number of aromatic nitrogens is 4. The number of alkyl halides is 3. The van der Waals surface area contributed by atoms with Crippen LogP contribution in [0, 0.1) is 5.92 Å². The average molecular weight is 676 g/mol. The molecule has 3 N–H and O–H groups in total. The van der Waals surface area contributed by atoms with Crippen LogP contribution in [0.3, 0.4) is 0 Å². The van der Waals surface area contributed by atoms with Crippen LogP contribution in [0.25, 0.3) is 0 Å². The van der Waals surface area contributed by atoms with Crippen LogP contribution in [0.2, 0.25) is 0 Å². The molecule has 0 saturated heterocycles. The minimum atomic E-state index is -4.81. The molecule has 1 aliphatic rings. The van der Waals surface area contributed by atoms with Gasteiger partial charge in [-0.25, -0.2) is 4.79 Å². The van der Waals surface area contributed by atoms with Gasteiger partial charge in [-0.15, -0.1) is 18.3 Å². The minimum absolute atomic E-state index is 0.0354. The number of pyridine rings is 1. The lowest BCUT2D eigenvalue weighted by atomic mass is 9.85. The zero-order valence-electron chi connectivity index (χ0n) is 27.0. The number of rotatable bonds is 12. The number of halogens is 3. The number of alkyl carbamates (subject to hydrolysis) is 1. The first kappa shape index (κ1) is 36.0. The Labute approximate surface area is 275 Å². The highest BCUT2D eigenvalue weighted by molar-refractivity contribution is 5.92. The Morgan fingerprint density at radius 3 is 2.54 bits per heavy atom. The minimum Gasteiger partial charge on any atom is -0.444 e. The zero-order chi connectivity index (χ0) is 34.9. The molecule has 4 rings (SSSR count). The Balaban J connectivity index is 1.18. The zero-order valence-corrected chi connectivity index (χ0v) is 27.0. The second-order valence-corrected chi connectivity index (χ2v) is 12.6. The van der Waals surface area contributed by atoms with Crippen LogP contribution in [-0.4, -0.2) is 55.5 Å². The van der Waals surface area contributed by atoms with E-state index in [1.807, 2.05) is 0 Å². The maximum absolute atomic E-state index is 12.9. The van der Waals surface area contributed by atoms with Crippen molar-refractivity contribution in [3.05, 3.63) is 70.4 Å². The van der Waals surface area contributed by atoms with E-state index >= 15 is 0 Å². The third-order valence-electron chi connectivity index (χ3n) is 7.42. The lowest BCUT2D eigenvalue weighted by Crippen LogP contribution is -2.43. The van der Waals surface area contributed by atoms with Gasteiger partial charge in [0.15, 0.2) is 5.69 Å². The van der Waals surface area contributed by atoms with E-state index in [1.54, 1.807) is 39.1 Å². The fraction of sp³-hybridized carbons (Fsp3) is 0.500. The van der Waals surface area contributed by atoms with Crippen LogP contribution in [0.4, 0.5) is 23.7 Å². The summed E-state index contributed by atoms with van der Waals surface area (Å²) in [5.41, 5.74) is -0.0132. The van der Waals surface area contributed by atoms with E-state index in [-0.39, 0.29) is 41.4 Å². The van der Waals surface area contributed by atoms with Gasteiger partial charge in [0.1, 0.15) is 11.4 Å². The first-order chi connectivity index (χ1) is 22.6. The van der Waals surface area contributed by atoms with Gasteiger partial charge in [-0.2, -0.15) is 0 Å². The summed E-state index contributed by atoms with van der Waals surface area (Å²) >= 11 is 0. The summed E-state index contributed by atoms with van der Waals surface area (Å²) in [7, 11) is 0. The third kappa shape index (κ3) is 11.7. The number of amides is 3.